The van der Waals surface area contributed by atoms with Gasteiger partial charge in [-0.3, -0.25) is 10.1 Å². The van der Waals surface area contributed by atoms with Crippen LogP contribution in [0.2, 0.25) is 0 Å². The van der Waals surface area contributed by atoms with Crippen molar-refractivity contribution in [2.75, 3.05) is 26.1 Å². The molecule has 1 heterocycles. The van der Waals surface area contributed by atoms with E-state index in [1.165, 1.54) is 14.2 Å². The lowest BCUT2D eigenvalue weighted by Crippen LogP contribution is -2.32. The Hall–Kier alpha value is -1.23. The lowest BCUT2D eigenvalue weighted by molar-refractivity contribution is -0.383. The number of nitrogens with one attached hydrogen (secondary N) is 2. The first-order chi connectivity index (χ1) is 9.31. The molecule has 0 bridgehead atoms. The van der Waals surface area contributed by atoms with Crippen molar-refractivity contribution in [1.82, 2.24) is 4.72 Å². The summed E-state index contributed by atoms with van der Waals surface area (Å²) < 4.78 is 31.5. The fourth-order valence-electron chi connectivity index (χ4n) is 1.48. The van der Waals surface area contributed by atoms with E-state index in [0.717, 1.165) is 17.4 Å². The minimum absolute atomic E-state index is 0.0854. The van der Waals surface area contributed by atoms with Crippen LogP contribution >= 0.6 is 11.3 Å². The highest BCUT2D eigenvalue weighted by Crippen LogP contribution is 2.36. The van der Waals surface area contributed by atoms with Crippen molar-refractivity contribution in [3.63, 3.8) is 0 Å². The summed E-state index contributed by atoms with van der Waals surface area (Å²) in [7, 11) is -0.732. The first-order valence-electron chi connectivity index (χ1n) is 5.79. The molecule has 10 heteroatoms. The van der Waals surface area contributed by atoms with Gasteiger partial charge in [0.25, 0.3) is 10.0 Å². The molecule has 0 radical (unpaired) electrons. The summed E-state index contributed by atoms with van der Waals surface area (Å²) in [6.45, 7) is 2.13. The maximum absolute atomic E-state index is 12.1. The fraction of sp³-hybridized carbons (Fsp3) is 0.600. The molecule has 0 aliphatic carbocycles. The van der Waals surface area contributed by atoms with E-state index < -0.39 is 14.9 Å². The maximum atomic E-state index is 12.1. The lowest BCUT2D eigenvalue weighted by atomic mass is 10.3. The van der Waals surface area contributed by atoms with Crippen LogP contribution in [0.3, 0.4) is 0 Å². The van der Waals surface area contributed by atoms with Gasteiger partial charge in [0.15, 0.2) is 5.00 Å². The summed E-state index contributed by atoms with van der Waals surface area (Å²) in [6.07, 6.45) is 0.516. The first-order valence-corrected chi connectivity index (χ1v) is 8.09. The van der Waals surface area contributed by atoms with Gasteiger partial charge >= 0.3 is 5.69 Å². The number of nitro groups is 1. The molecule has 1 atom stereocenters. The Balaban J connectivity index is 2.95. The number of sulfonamides is 1. The molecule has 20 heavy (non-hydrogen) atoms. The number of anilines is 1. The zero-order valence-corrected chi connectivity index (χ0v) is 13.0. The summed E-state index contributed by atoms with van der Waals surface area (Å²) in [6, 6.07) is 0.737. The number of hydrogen-bond donors (Lipinski definition) is 2. The van der Waals surface area contributed by atoms with Crippen LogP contribution in [0.4, 0.5) is 10.7 Å². The van der Waals surface area contributed by atoms with Gasteiger partial charge < -0.3 is 10.1 Å². The summed E-state index contributed by atoms with van der Waals surface area (Å²) in [5, 5.41) is 13.7. The molecule has 0 spiro atoms. The number of nitrogens with zero attached hydrogens (tertiary/aromatic N) is 1. The van der Waals surface area contributed by atoms with Crippen molar-refractivity contribution in [1.29, 1.82) is 0 Å². The number of thiophene rings is 1. The Bertz CT molecular complexity index is 569. The molecule has 1 rings (SSSR count). The average Bonchev–Trinajstić information content (AvgIpc) is 2.80. The minimum atomic E-state index is -3.77. The van der Waals surface area contributed by atoms with E-state index in [-0.39, 0.29) is 20.9 Å². The molecule has 1 aromatic heterocycles. The van der Waals surface area contributed by atoms with Crippen LogP contribution < -0.4 is 10.0 Å². The molecule has 0 saturated heterocycles. The van der Waals surface area contributed by atoms with Crippen molar-refractivity contribution in [2.24, 2.45) is 0 Å². The highest BCUT2D eigenvalue weighted by atomic mass is 32.2. The topological polar surface area (TPSA) is 111 Å². The molecule has 0 aliphatic rings. The number of hydrogen-bond acceptors (Lipinski definition) is 7. The smallest absolute Gasteiger partial charge is 0.304 e. The quantitative estimate of drug-likeness (QED) is 0.552. The molecule has 0 saturated carbocycles. The van der Waals surface area contributed by atoms with Gasteiger partial charge in [0.05, 0.1) is 4.92 Å². The van der Waals surface area contributed by atoms with Gasteiger partial charge in [-0.15, -0.1) is 0 Å². The van der Waals surface area contributed by atoms with Crippen molar-refractivity contribution in [3.8, 4) is 0 Å². The standard InChI is InChI=1S/C10H17N3O5S2/c1-7(4-5-18-3)12-20(16,17)9-6-8(13(14)15)10(11-2)19-9/h6-7,11-12H,4-5H2,1-3H3. The van der Waals surface area contributed by atoms with Crippen molar-refractivity contribution < 1.29 is 18.1 Å². The van der Waals surface area contributed by atoms with Gasteiger partial charge in [0, 0.05) is 32.9 Å². The van der Waals surface area contributed by atoms with Gasteiger partial charge in [-0.1, -0.05) is 11.3 Å². The third kappa shape index (κ3) is 4.13. The molecule has 8 nitrogen and oxygen atoms in total. The van der Waals surface area contributed by atoms with Gasteiger partial charge in [0.2, 0.25) is 0 Å². The van der Waals surface area contributed by atoms with Crippen molar-refractivity contribution in [2.45, 2.75) is 23.6 Å². The highest BCUT2D eigenvalue weighted by molar-refractivity contribution is 7.91. The first kappa shape index (κ1) is 16.8. The molecule has 0 aromatic carbocycles. The summed E-state index contributed by atoms with van der Waals surface area (Å²) in [4.78, 5) is 10.2. The summed E-state index contributed by atoms with van der Waals surface area (Å²) in [5.41, 5.74) is -0.248. The summed E-state index contributed by atoms with van der Waals surface area (Å²) in [5.74, 6) is 0. The Labute approximate surface area is 121 Å². The SMILES string of the molecule is CNc1sc(S(=O)(=O)NC(C)CCOC)cc1[N+](=O)[O-]. The number of methoxy groups -OCH3 is 1. The van der Waals surface area contributed by atoms with Crippen LogP contribution in [0.1, 0.15) is 13.3 Å². The maximum Gasteiger partial charge on any atom is 0.304 e. The zero-order chi connectivity index (χ0) is 15.3. The number of rotatable bonds is 8. The van der Waals surface area contributed by atoms with E-state index in [1.54, 1.807) is 6.92 Å². The van der Waals surface area contributed by atoms with Crippen molar-refractivity contribution in [3.05, 3.63) is 16.2 Å². The van der Waals surface area contributed by atoms with Crippen molar-refractivity contribution >= 4 is 32.0 Å². The van der Waals surface area contributed by atoms with E-state index in [0.29, 0.717) is 13.0 Å². The molecule has 1 aromatic rings. The second-order valence-corrected chi connectivity index (χ2v) is 7.08. The predicted molar refractivity (Wildman–Crippen MR) is 76.8 cm³/mol. The summed E-state index contributed by atoms with van der Waals surface area (Å²) >= 11 is 0.826. The second kappa shape index (κ2) is 6.97. The molecular formula is C10H17N3O5S2. The van der Waals surface area contributed by atoms with Crippen LogP contribution in [-0.4, -0.2) is 40.1 Å². The van der Waals surface area contributed by atoms with Gasteiger partial charge in [0.1, 0.15) is 4.21 Å². The zero-order valence-electron chi connectivity index (χ0n) is 11.4. The Kier molecular flexibility index (Phi) is 5.87. The van der Waals surface area contributed by atoms with E-state index >= 15 is 0 Å². The molecule has 114 valence electrons. The molecule has 0 aliphatic heterocycles. The Morgan fingerprint density at radius 3 is 2.65 bits per heavy atom. The third-order valence-corrected chi connectivity index (χ3v) is 5.69. The average molecular weight is 323 g/mol. The lowest BCUT2D eigenvalue weighted by Gasteiger charge is -2.12. The second-order valence-electron chi connectivity index (χ2n) is 4.09. The van der Waals surface area contributed by atoms with Gasteiger partial charge in [-0.2, -0.15) is 0 Å². The largest absolute Gasteiger partial charge is 0.385 e. The number of ether oxygens (including phenoxy) is 1. The highest BCUT2D eigenvalue weighted by Gasteiger charge is 2.26. The minimum Gasteiger partial charge on any atom is -0.385 e. The molecular weight excluding hydrogens is 306 g/mol. The Morgan fingerprint density at radius 1 is 1.55 bits per heavy atom. The normalized spacial score (nSPS) is 13.2. The predicted octanol–water partition coefficient (Wildman–Crippen LogP) is 1.40. The monoisotopic (exact) mass is 323 g/mol. The van der Waals surface area contributed by atoms with Gasteiger partial charge in [-0.05, 0) is 13.3 Å². The van der Waals surface area contributed by atoms with Crippen LogP contribution in [0, 0.1) is 10.1 Å². The fourth-order valence-corrected chi connectivity index (χ4v) is 4.06. The van der Waals surface area contributed by atoms with Crippen LogP contribution in [0.15, 0.2) is 10.3 Å². The Morgan fingerprint density at radius 2 is 2.20 bits per heavy atom. The van der Waals surface area contributed by atoms with E-state index in [4.69, 9.17) is 4.74 Å². The van der Waals surface area contributed by atoms with Crippen LogP contribution in [0.25, 0.3) is 0 Å². The molecule has 2 N–H and O–H groups in total. The molecule has 1 unspecified atom stereocenters. The third-order valence-electron chi connectivity index (χ3n) is 2.49. The van der Waals surface area contributed by atoms with E-state index in [2.05, 4.69) is 10.0 Å². The van der Waals surface area contributed by atoms with E-state index in [9.17, 15) is 18.5 Å². The van der Waals surface area contributed by atoms with E-state index in [1.807, 2.05) is 0 Å². The molecule has 0 fully saturated rings. The van der Waals surface area contributed by atoms with Crippen LogP contribution in [0.5, 0.6) is 0 Å². The van der Waals surface area contributed by atoms with Crippen LogP contribution in [-0.2, 0) is 14.8 Å². The van der Waals surface area contributed by atoms with Gasteiger partial charge in [-0.25, -0.2) is 13.1 Å². The molecule has 0 amide bonds.